The lowest BCUT2D eigenvalue weighted by Gasteiger charge is -2.05. The third-order valence-electron chi connectivity index (χ3n) is 2.94. The van der Waals surface area contributed by atoms with Gasteiger partial charge in [-0.05, 0) is 48.5 Å². The molecule has 3 aromatic rings. The zero-order chi connectivity index (χ0) is 13.2. The highest BCUT2D eigenvalue weighted by atomic mass is 16.3. The van der Waals surface area contributed by atoms with Gasteiger partial charge in [0.25, 0.3) is 5.91 Å². The highest BCUT2D eigenvalue weighted by molar-refractivity contribution is 6.06. The molecule has 3 rings (SSSR count). The summed E-state index contributed by atoms with van der Waals surface area (Å²) >= 11 is 0. The zero-order valence-electron chi connectivity index (χ0n) is 10.1. The number of phenolic OH excluding ortho intramolecular Hbond substituents is 1. The molecule has 0 aliphatic heterocycles. The molecule has 0 aliphatic carbocycles. The molecular formula is C15H12N2O2. The highest BCUT2D eigenvalue weighted by Crippen LogP contribution is 2.17. The number of rotatable bonds is 2. The van der Waals surface area contributed by atoms with Crippen molar-refractivity contribution >= 4 is 22.5 Å². The molecule has 0 spiro atoms. The van der Waals surface area contributed by atoms with Crippen LogP contribution in [0.1, 0.15) is 10.4 Å². The minimum atomic E-state index is -0.172. The van der Waals surface area contributed by atoms with Crippen LogP contribution >= 0.6 is 0 Å². The van der Waals surface area contributed by atoms with Gasteiger partial charge in [0.1, 0.15) is 5.75 Å². The van der Waals surface area contributed by atoms with Crippen LogP contribution in [0.2, 0.25) is 0 Å². The van der Waals surface area contributed by atoms with Crippen LogP contribution in [0, 0.1) is 0 Å². The predicted molar refractivity (Wildman–Crippen MR) is 74.4 cm³/mol. The first-order chi connectivity index (χ1) is 9.22. The lowest BCUT2D eigenvalue weighted by molar-refractivity contribution is 0.102. The number of H-pyrrole nitrogens is 1. The monoisotopic (exact) mass is 252 g/mol. The number of carbonyl (C=O) groups is 1. The minimum Gasteiger partial charge on any atom is -0.508 e. The molecular weight excluding hydrogens is 240 g/mol. The van der Waals surface area contributed by atoms with E-state index in [2.05, 4.69) is 10.3 Å². The molecule has 1 amide bonds. The molecule has 0 atom stereocenters. The van der Waals surface area contributed by atoms with Gasteiger partial charge in [-0.15, -0.1) is 0 Å². The number of hydrogen-bond acceptors (Lipinski definition) is 2. The van der Waals surface area contributed by atoms with Gasteiger partial charge in [-0.2, -0.15) is 0 Å². The molecule has 0 saturated heterocycles. The molecule has 94 valence electrons. The zero-order valence-corrected chi connectivity index (χ0v) is 10.1. The van der Waals surface area contributed by atoms with Crippen LogP contribution in [0.4, 0.5) is 5.69 Å². The number of phenols is 1. The van der Waals surface area contributed by atoms with Crippen molar-refractivity contribution in [2.45, 2.75) is 0 Å². The summed E-state index contributed by atoms with van der Waals surface area (Å²) in [4.78, 5) is 15.2. The van der Waals surface area contributed by atoms with Gasteiger partial charge in [-0.3, -0.25) is 4.79 Å². The van der Waals surface area contributed by atoms with Crippen LogP contribution in [0.3, 0.4) is 0 Å². The number of carbonyl (C=O) groups excluding carboxylic acids is 1. The first kappa shape index (κ1) is 11.3. The maximum atomic E-state index is 12.1. The second-order valence-electron chi connectivity index (χ2n) is 4.28. The second kappa shape index (κ2) is 4.49. The van der Waals surface area contributed by atoms with Crippen molar-refractivity contribution in [1.82, 2.24) is 4.98 Å². The molecule has 2 aromatic carbocycles. The van der Waals surface area contributed by atoms with E-state index in [0.717, 1.165) is 10.9 Å². The second-order valence-corrected chi connectivity index (χ2v) is 4.28. The Morgan fingerprint density at radius 3 is 2.63 bits per heavy atom. The Hall–Kier alpha value is -2.75. The first-order valence-corrected chi connectivity index (χ1v) is 5.90. The van der Waals surface area contributed by atoms with E-state index in [4.69, 9.17) is 0 Å². The van der Waals surface area contributed by atoms with Crippen molar-refractivity contribution in [3.8, 4) is 5.75 Å². The van der Waals surface area contributed by atoms with Crippen molar-refractivity contribution in [2.75, 3.05) is 5.32 Å². The summed E-state index contributed by atoms with van der Waals surface area (Å²) in [5.74, 6) is 0.000492. The lowest BCUT2D eigenvalue weighted by Crippen LogP contribution is -2.11. The average molecular weight is 252 g/mol. The van der Waals surface area contributed by atoms with E-state index in [-0.39, 0.29) is 11.7 Å². The number of aromatic amines is 1. The van der Waals surface area contributed by atoms with E-state index >= 15 is 0 Å². The molecule has 0 radical (unpaired) electrons. The van der Waals surface area contributed by atoms with E-state index in [1.165, 1.54) is 12.1 Å². The molecule has 0 aliphatic rings. The minimum absolute atomic E-state index is 0.172. The third kappa shape index (κ3) is 2.28. The molecule has 3 N–H and O–H groups in total. The Kier molecular flexibility index (Phi) is 2.68. The van der Waals surface area contributed by atoms with Crippen LogP contribution in [0.25, 0.3) is 10.9 Å². The number of aromatic nitrogens is 1. The Morgan fingerprint density at radius 2 is 1.84 bits per heavy atom. The molecule has 0 fully saturated rings. The molecule has 4 nitrogen and oxygen atoms in total. The summed E-state index contributed by atoms with van der Waals surface area (Å²) in [6, 6.07) is 13.8. The summed E-state index contributed by atoms with van der Waals surface area (Å²) in [5, 5.41) is 13.0. The summed E-state index contributed by atoms with van der Waals surface area (Å²) < 4.78 is 0. The SMILES string of the molecule is O=C(Nc1ccc(O)cc1)c1ccc2[nH]ccc2c1. The van der Waals surface area contributed by atoms with Gasteiger partial charge in [0.05, 0.1) is 0 Å². The smallest absolute Gasteiger partial charge is 0.255 e. The topological polar surface area (TPSA) is 65.1 Å². The molecule has 0 saturated carbocycles. The van der Waals surface area contributed by atoms with Gasteiger partial charge in [0, 0.05) is 28.4 Å². The number of anilines is 1. The molecule has 0 bridgehead atoms. The average Bonchev–Trinajstić information content (AvgIpc) is 2.88. The third-order valence-corrected chi connectivity index (χ3v) is 2.94. The lowest BCUT2D eigenvalue weighted by atomic mass is 10.1. The highest BCUT2D eigenvalue weighted by Gasteiger charge is 2.07. The van der Waals surface area contributed by atoms with Crippen LogP contribution in [0.5, 0.6) is 5.75 Å². The van der Waals surface area contributed by atoms with Gasteiger partial charge in [-0.25, -0.2) is 0 Å². The normalized spacial score (nSPS) is 10.5. The fraction of sp³-hybridized carbons (Fsp3) is 0. The van der Waals surface area contributed by atoms with Gasteiger partial charge in [-0.1, -0.05) is 0 Å². The molecule has 0 unspecified atom stereocenters. The number of aromatic hydroxyl groups is 1. The van der Waals surface area contributed by atoms with E-state index in [9.17, 15) is 9.90 Å². The predicted octanol–water partition coefficient (Wildman–Crippen LogP) is 3.13. The first-order valence-electron chi connectivity index (χ1n) is 5.90. The standard InChI is InChI=1S/C15H12N2O2/c18-13-4-2-12(3-5-13)17-15(19)11-1-6-14-10(9-11)7-8-16-14/h1-9,16,18H,(H,17,19). The maximum absolute atomic E-state index is 12.1. The number of amides is 1. The van der Waals surface area contributed by atoms with Gasteiger partial charge in [0.15, 0.2) is 0 Å². The van der Waals surface area contributed by atoms with E-state index < -0.39 is 0 Å². The van der Waals surface area contributed by atoms with Crippen LogP contribution in [-0.4, -0.2) is 16.0 Å². The number of nitrogens with one attached hydrogen (secondary N) is 2. The van der Waals surface area contributed by atoms with Crippen LogP contribution in [-0.2, 0) is 0 Å². The van der Waals surface area contributed by atoms with Crippen LogP contribution < -0.4 is 5.32 Å². The summed E-state index contributed by atoms with van der Waals surface area (Å²) in [7, 11) is 0. The molecule has 19 heavy (non-hydrogen) atoms. The van der Waals surface area contributed by atoms with Crippen LogP contribution in [0.15, 0.2) is 54.7 Å². The fourth-order valence-corrected chi connectivity index (χ4v) is 1.94. The van der Waals surface area contributed by atoms with E-state index in [1.54, 1.807) is 18.2 Å². The van der Waals surface area contributed by atoms with Crippen molar-refractivity contribution in [1.29, 1.82) is 0 Å². The number of benzene rings is 2. The Balaban J connectivity index is 1.84. The van der Waals surface area contributed by atoms with Crippen molar-refractivity contribution in [3.05, 3.63) is 60.3 Å². The maximum Gasteiger partial charge on any atom is 0.255 e. The van der Waals surface area contributed by atoms with E-state index in [0.29, 0.717) is 11.3 Å². The summed E-state index contributed by atoms with van der Waals surface area (Å²) in [6.07, 6.45) is 1.84. The number of hydrogen-bond donors (Lipinski definition) is 3. The quantitative estimate of drug-likeness (QED) is 0.613. The number of fused-ring (bicyclic) bond motifs is 1. The summed E-state index contributed by atoms with van der Waals surface area (Å²) in [5.41, 5.74) is 2.25. The van der Waals surface area contributed by atoms with Gasteiger partial charge >= 0.3 is 0 Å². The van der Waals surface area contributed by atoms with Gasteiger partial charge < -0.3 is 15.4 Å². The van der Waals surface area contributed by atoms with Crippen molar-refractivity contribution in [2.24, 2.45) is 0 Å². The Morgan fingerprint density at radius 1 is 1.05 bits per heavy atom. The van der Waals surface area contributed by atoms with Gasteiger partial charge in [0.2, 0.25) is 0 Å². The molecule has 1 aromatic heterocycles. The molecule has 4 heteroatoms. The fourth-order valence-electron chi connectivity index (χ4n) is 1.94. The van der Waals surface area contributed by atoms with Crippen molar-refractivity contribution in [3.63, 3.8) is 0 Å². The molecule has 1 heterocycles. The van der Waals surface area contributed by atoms with Crippen molar-refractivity contribution < 1.29 is 9.90 Å². The Bertz CT molecular complexity index is 729. The largest absolute Gasteiger partial charge is 0.508 e. The van der Waals surface area contributed by atoms with E-state index in [1.807, 2.05) is 24.4 Å². The summed E-state index contributed by atoms with van der Waals surface area (Å²) in [6.45, 7) is 0. The Labute approximate surface area is 109 Å².